The van der Waals surface area contributed by atoms with Crippen LogP contribution in [0.2, 0.25) is 0 Å². The lowest BCUT2D eigenvalue weighted by Gasteiger charge is -2.22. The fraction of sp³-hybridized carbons (Fsp3) is 0.600. The van der Waals surface area contributed by atoms with Gasteiger partial charge in [0.05, 0.1) is 25.9 Å². The van der Waals surface area contributed by atoms with Crippen LogP contribution in [-0.2, 0) is 20.8 Å². The summed E-state index contributed by atoms with van der Waals surface area (Å²) in [5.74, 6) is -0.819. The maximum absolute atomic E-state index is 9.41. The summed E-state index contributed by atoms with van der Waals surface area (Å²) >= 11 is 0. The fourth-order valence-electron chi connectivity index (χ4n) is 2.46. The molecule has 0 aliphatic carbocycles. The van der Waals surface area contributed by atoms with Crippen molar-refractivity contribution < 1.29 is 19.3 Å². The van der Waals surface area contributed by atoms with Crippen molar-refractivity contribution >= 4 is 0 Å². The maximum Gasteiger partial charge on any atom is 0.163 e. The van der Waals surface area contributed by atoms with Crippen LogP contribution in [0.3, 0.4) is 0 Å². The van der Waals surface area contributed by atoms with Crippen molar-refractivity contribution in [2.45, 2.75) is 44.5 Å². The first-order chi connectivity index (χ1) is 10.6. The second-order valence-corrected chi connectivity index (χ2v) is 5.59. The molecule has 7 nitrogen and oxygen atoms in total. The number of rotatable bonds is 7. The molecule has 1 aromatic rings. The van der Waals surface area contributed by atoms with E-state index in [-0.39, 0.29) is 13.2 Å². The predicted octanol–water partition coefficient (Wildman–Crippen LogP) is 2.39. The van der Waals surface area contributed by atoms with Crippen molar-refractivity contribution in [3.8, 4) is 0 Å². The molecule has 0 unspecified atom stereocenters. The molecular weight excluding hydrogens is 286 g/mol. The molecule has 22 heavy (non-hydrogen) atoms. The van der Waals surface area contributed by atoms with Crippen molar-refractivity contribution in [3.05, 3.63) is 46.3 Å². The van der Waals surface area contributed by atoms with Gasteiger partial charge in [-0.1, -0.05) is 35.4 Å². The third-order valence-corrected chi connectivity index (χ3v) is 3.38. The van der Waals surface area contributed by atoms with E-state index in [4.69, 9.17) is 19.7 Å². The van der Waals surface area contributed by atoms with E-state index >= 15 is 0 Å². The zero-order chi connectivity index (χ0) is 16.0. The molecule has 120 valence electrons. The quantitative estimate of drug-likeness (QED) is 0.475. The molecule has 0 aromatic heterocycles. The first-order valence-corrected chi connectivity index (χ1v) is 7.18. The molecule has 1 aliphatic heterocycles. The van der Waals surface area contributed by atoms with Gasteiger partial charge in [0.25, 0.3) is 0 Å². The highest BCUT2D eigenvalue weighted by Crippen LogP contribution is 2.31. The minimum Gasteiger partial charge on any atom is -0.394 e. The Morgan fingerprint density at radius 2 is 2.09 bits per heavy atom. The third-order valence-electron chi connectivity index (χ3n) is 3.38. The van der Waals surface area contributed by atoms with Gasteiger partial charge in [0.2, 0.25) is 0 Å². The Labute approximate surface area is 129 Å². The molecular formula is C15H21N3O4. The van der Waals surface area contributed by atoms with Gasteiger partial charge in [0, 0.05) is 4.91 Å². The molecule has 2 rings (SSSR count). The molecule has 7 heteroatoms. The summed E-state index contributed by atoms with van der Waals surface area (Å²) in [5, 5.41) is 13.1. The van der Waals surface area contributed by atoms with Gasteiger partial charge in [-0.2, -0.15) is 0 Å². The smallest absolute Gasteiger partial charge is 0.163 e. The lowest BCUT2D eigenvalue weighted by Crippen LogP contribution is -2.38. The topological polar surface area (TPSA) is 96.7 Å². The highest BCUT2D eigenvalue weighted by molar-refractivity contribution is 5.13. The summed E-state index contributed by atoms with van der Waals surface area (Å²) in [5.41, 5.74) is 9.78. The van der Waals surface area contributed by atoms with Crippen LogP contribution >= 0.6 is 0 Å². The number of benzene rings is 1. The minimum absolute atomic E-state index is 0.194. The van der Waals surface area contributed by atoms with Gasteiger partial charge in [0.15, 0.2) is 5.79 Å². The molecule has 1 N–H and O–H groups in total. The van der Waals surface area contributed by atoms with Gasteiger partial charge in [-0.05, 0) is 24.9 Å². The van der Waals surface area contributed by atoms with Gasteiger partial charge >= 0.3 is 0 Å². The van der Waals surface area contributed by atoms with Crippen LogP contribution in [-0.4, -0.2) is 42.4 Å². The van der Waals surface area contributed by atoms with Crippen LogP contribution in [0.15, 0.2) is 35.4 Å². The Balaban J connectivity index is 1.96. The summed E-state index contributed by atoms with van der Waals surface area (Å²) in [6.45, 7) is 3.92. The fourth-order valence-corrected chi connectivity index (χ4v) is 2.46. The first-order valence-electron chi connectivity index (χ1n) is 7.18. The number of hydrogen-bond donors (Lipinski definition) is 1. The normalized spacial score (nSPS) is 24.7. The van der Waals surface area contributed by atoms with Crippen molar-refractivity contribution in [3.63, 3.8) is 0 Å². The average molecular weight is 307 g/mol. The molecule has 3 atom stereocenters. The van der Waals surface area contributed by atoms with Crippen molar-refractivity contribution in [2.24, 2.45) is 5.11 Å². The predicted molar refractivity (Wildman–Crippen MR) is 79.9 cm³/mol. The van der Waals surface area contributed by atoms with Crippen molar-refractivity contribution in [1.82, 2.24) is 0 Å². The standard InChI is InChI=1S/C15H21N3O4/c1-15(2)21-13(8-19)14(22-15)12(17-18-16)10-20-9-11-6-4-3-5-7-11/h3-7,12-14,19H,8-10H2,1-2H3/t12-,13+,14+/m1/s1. The SMILES string of the molecule is CC1(C)O[C@@H]([C@@H](COCc2ccccc2)N=[N+]=[N-])[C@H](CO)O1. The van der Waals surface area contributed by atoms with Crippen molar-refractivity contribution in [2.75, 3.05) is 13.2 Å². The number of nitrogens with zero attached hydrogens (tertiary/aromatic N) is 3. The Hall–Kier alpha value is -1.63. The van der Waals surface area contributed by atoms with Crippen LogP contribution in [0.5, 0.6) is 0 Å². The summed E-state index contributed by atoms with van der Waals surface area (Å²) in [7, 11) is 0. The largest absolute Gasteiger partial charge is 0.394 e. The minimum atomic E-state index is -0.819. The van der Waals surface area contributed by atoms with E-state index in [1.807, 2.05) is 30.3 Å². The lowest BCUT2D eigenvalue weighted by molar-refractivity contribution is -0.151. The Morgan fingerprint density at radius 1 is 1.36 bits per heavy atom. The molecule has 0 radical (unpaired) electrons. The highest BCUT2D eigenvalue weighted by Gasteiger charge is 2.44. The number of aliphatic hydroxyl groups is 1. The second-order valence-electron chi connectivity index (χ2n) is 5.59. The molecule has 1 aliphatic rings. The summed E-state index contributed by atoms with van der Waals surface area (Å²) in [6, 6.07) is 9.15. The summed E-state index contributed by atoms with van der Waals surface area (Å²) < 4.78 is 17.0. The van der Waals surface area contributed by atoms with Gasteiger partial charge < -0.3 is 19.3 Å². The molecule has 0 spiro atoms. The number of azide groups is 1. The molecule has 0 saturated carbocycles. The second kappa shape index (κ2) is 7.58. The average Bonchev–Trinajstić information content (AvgIpc) is 2.82. The number of hydrogen-bond acceptors (Lipinski definition) is 5. The van der Waals surface area contributed by atoms with E-state index in [0.29, 0.717) is 6.61 Å². The van der Waals surface area contributed by atoms with E-state index in [0.717, 1.165) is 5.56 Å². The Kier molecular flexibility index (Phi) is 5.76. The monoisotopic (exact) mass is 307 g/mol. The van der Waals surface area contributed by atoms with Crippen LogP contribution < -0.4 is 0 Å². The highest BCUT2D eigenvalue weighted by atomic mass is 16.8. The van der Waals surface area contributed by atoms with E-state index in [1.54, 1.807) is 13.8 Å². The van der Waals surface area contributed by atoms with Gasteiger partial charge in [0.1, 0.15) is 12.2 Å². The van der Waals surface area contributed by atoms with Crippen LogP contribution in [0.1, 0.15) is 19.4 Å². The van der Waals surface area contributed by atoms with E-state index < -0.39 is 24.0 Å². The van der Waals surface area contributed by atoms with Crippen molar-refractivity contribution in [1.29, 1.82) is 0 Å². The molecule has 1 heterocycles. The van der Waals surface area contributed by atoms with Crippen LogP contribution in [0.4, 0.5) is 0 Å². The molecule has 1 saturated heterocycles. The third kappa shape index (κ3) is 4.43. The molecule has 0 bridgehead atoms. The van der Waals surface area contributed by atoms with Crippen LogP contribution in [0, 0.1) is 0 Å². The lowest BCUT2D eigenvalue weighted by atomic mass is 10.1. The summed E-state index contributed by atoms with van der Waals surface area (Å²) in [6.07, 6.45) is -1.07. The van der Waals surface area contributed by atoms with Gasteiger partial charge in [-0.15, -0.1) is 0 Å². The van der Waals surface area contributed by atoms with Gasteiger partial charge in [-0.25, -0.2) is 0 Å². The Bertz CT molecular complexity index is 517. The molecule has 1 aromatic carbocycles. The van der Waals surface area contributed by atoms with E-state index in [1.165, 1.54) is 0 Å². The van der Waals surface area contributed by atoms with Gasteiger partial charge in [-0.3, -0.25) is 0 Å². The molecule has 1 fully saturated rings. The zero-order valence-corrected chi connectivity index (χ0v) is 12.8. The maximum atomic E-state index is 9.41. The van der Waals surface area contributed by atoms with E-state index in [9.17, 15) is 5.11 Å². The summed E-state index contributed by atoms with van der Waals surface area (Å²) in [4.78, 5) is 2.85. The van der Waals surface area contributed by atoms with E-state index in [2.05, 4.69) is 10.0 Å². The number of aliphatic hydroxyl groups excluding tert-OH is 1. The zero-order valence-electron chi connectivity index (χ0n) is 12.8. The number of ether oxygens (including phenoxy) is 3. The molecule has 0 amide bonds. The Morgan fingerprint density at radius 3 is 2.73 bits per heavy atom. The first kappa shape index (κ1) is 16.7. The van der Waals surface area contributed by atoms with Crippen LogP contribution in [0.25, 0.3) is 10.4 Å².